The Bertz CT molecular complexity index is 242. The Morgan fingerprint density at radius 3 is 1.65 bits per heavy atom. The number of unbranched alkanes of at least 4 members (excludes halogenated alkanes) is 9. The predicted octanol–water partition coefficient (Wildman–Crippen LogP) is 3.54. The van der Waals surface area contributed by atoms with E-state index in [1.165, 1.54) is 121 Å². The van der Waals surface area contributed by atoms with Gasteiger partial charge in [0.15, 0.2) is 0 Å². The highest BCUT2D eigenvalue weighted by Gasteiger charge is 2.28. The topological polar surface area (TPSA) is 0 Å². The number of quaternary nitrogens is 1. The SMILES string of the molecule is CCCCCCCCCCCC[N+]1(CCCCl)CCCCC1.[Br-]. The minimum absolute atomic E-state index is 0. The fourth-order valence-corrected chi connectivity index (χ4v) is 4.19. The van der Waals surface area contributed by atoms with Gasteiger partial charge in [0, 0.05) is 12.3 Å². The molecule has 1 fully saturated rings. The molecule has 0 aromatic carbocycles. The summed E-state index contributed by atoms with van der Waals surface area (Å²) < 4.78 is 1.39. The van der Waals surface area contributed by atoms with Gasteiger partial charge in [-0.25, -0.2) is 0 Å². The second-order valence-corrected chi connectivity index (χ2v) is 7.90. The zero-order valence-corrected chi connectivity index (χ0v) is 18.0. The minimum atomic E-state index is 0. The van der Waals surface area contributed by atoms with Gasteiger partial charge in [-0.05, 0) is 32.1 Å². The van der Waals surface area contributed by atoms with E-state index in [4.69, 9.17) is 11.6 Å². The van der Waals surface area contributed by atoms with Crippen LogP contribution in [0.2, 0.25) is 0 Å². The third kappa shape index (κ3) is 11.8. The third-order valence-electron chi connectivity index (χ3n) is 5.52. The number of likely N-dealkylation sites (tertiary alicyclic amines) is 1. The molecule has 0 unspecified atom stereocenters. The van der Waals surface area contributed by atoms with Gasteiger partial charge in [-0.15, -0.1) is 11.6 Å². The first kappa shape index (κ1) is 23.7. The quantitative estimate of drug-likeness (QED) is 0.233. The molecule has 1 heterocycles. The van der Waals surface area contributed by atoms with Crippen LogP contribution in [0.15, 0.2) is 0 Å². The highest BCUT2D eigenvalue weighted by molar-refractivity contribution is 6.17. The lowest BCUT2D eigenvalue weighted by atomic mass is 10.0. The van der Waals surface area contributed by atoms with Crippen molar-refractivity contribution in [2.45, 2.75) is 96.8 Å². The summed E-state index contributed by atoms with van der Waals surface area (Å²) in [6.07, 6.45) is 20.0. The average Bonchev–Trinajstić information content (AvgIpc) is 2.56. The molecule has 0 bridgehead atoms. The largest absolute Gasteiger partial charge is 1.00 e. The summed E-state index contributed by atoms with van der Waals surface area (Å²) in [5.41, 5.74) is 0. The maximum atomic E-state index is 5.94. The summed E-state index contributed by atoms with van der Waals surface area (Å²) in [6.45, 7) is 7.90. The molecule has 0 N–H and O–H groups in total. The highest BCUT2D eigenvalue weighted by atomic mass is 79.9. The zero-order chi connectivity index (χ0) is 15.9. The number of piperidine rings is 1. The lowest BCUT2D eigenvalue weighted by molar-refractivity contribution is -0.932. The molecular formula is C20H41BrClN. The second-order valence-electron chi connectivity index (χ2n) is 7.52. The van der Waals surface area contributed by atoms with E-state index in [-0.39, 0.29) is 17.0 Å². The van der Waals surface area contributed by atoms with Crippen molar-refractivity contribution >= 4 is 11.6 Å². The number of nitrogens with zero attached hydrogens (tertiary/aromatic N) is 1. The van der Waals surface area contributed by atoms with Crippen LogP contribution in [-0.2, 0) is 0 Å². The molecule has 0 spiro atoms. The number of rotatable bonds is 14. The van der Waals surface area contributed by atoms with Gasteiger partial charge < -0.3 is 21.5 Å². The lowest BCUT2D eigenvalue weighted by Crippen LogP contribution is -3.00. The number of hydrogen-bond donors (Lipinski definition) is 0. The number of hydrogen-bond acceptors (Lipinski definition) is 0. The molecular weight excluding hydrogens is 370 g/mol. The van der Waals surface area contributed by atoms with Crippen LogP contribution in [0.1, 0.15) is 96.8 Å². The van der Waals surface area contributed by atoms with E-state index in [1.807, 2.05) is 0 Å². The summed E-state index contributed by atoms with van der Waals surface area (Å²) in [4.78, 5) is 0. The van der Waals surface area contributed by atoms with Gasteiger partial charge in [0.05, 0.1) is 26.2 Å². The van der Waals surface area contributed by atoms with Crippen molar-refractivity contribution in [3.05, 3.63) is 0 Å². The van der Waals surface area contributed by atoms with E-state index >= 15 is 0 Å². The van der Waals surface area contributed by atoms with E-state index < -0.39 is 0 Å². The first-order valence-corrected chi connectivity index (χ1v) is 10.8. The molecule has 140 valence electrons. The first-order valence-electron chi connectivity index (χ1n) is 10.2. The predicted molar refractivity (Wildman–Crippen MR) is 101 cm³/mol. The first-order chi connectivity index (χ1) is 10.8. The van der Waals surface area contributed by atoms with E-state index in [9.17, 15) is 0 Å². The Kier molecular flexibility index (Phi) is 16.7. The van der Waals surface area contributed by atoms with Crippen molar-refractivity contribution in [1.29, 1.82) is 0 Å². The second kappa shape index (κ2) is 16.2. The standard InChI is InChI=1S/C20H41ClN.BrH/c1-2-3-4-5-6-7-8-9-10-12-17-22(20-15-16-21)18-13-11-14-19-22;/h2-20H2,1H3;1H/q+1;/p-1. The van der Waals surface area contributed by atoms with Gasteiger partial charge in [0.2, 0.25) is 0 Å². The molecule has 0 aliphatic carbocycles. The molecule has 1 nitrogen and oxygen atoms in total. The Hall–Kier alpha value is 0.730. The Morgan fingerprint density at radius 2 is 1.13 bits per heavy atom. The molecule has 0 aromatic heterocycles. The highest BCUT2D eigenvalue weighted by Crippen LogP contribution is 2.21. The summed E-state index contributed by atoms with van der Waals surface area (Å²) in [7, 11) is 0. The molecule has 0 saturated carbocycles. The molecule has 0 aromatic rings. The van der Waals surface area contributed by atoms with Crippen LogP contribution in [0, 0.1) is 0 Å². The van der Waals surface area contributed by atoms with Gasteiger partial charge in [-0.2, -0.15) is 0 Å². The summed E-state index contributed by atoms with van der Waals surface area (Å²) >= 11 is 5.94. The fourth-order valence-electron chi connectivity index (χ4n) is 4.07. The molecule has 23 heavy (non-hydrogen) atoms. The van der Waals surface area contributed by atoms with Crippen molar-refractivity contribution in [3.8, 4) is 0 Å². The van der Waals surface area contributed by atoms with Crippen molar-refractivity contribution in [3.63, 3.8) is 0 Å². The monoisotopic (exact) mass is 409 g/mol. The average molecular weight is 411 g/mol. The third-order valence-corrected chi connectivity index (χ3v) is 5.78. The van der Waals surface area contributed by atoms with Crippen LogP contribution in [0.25, 0.3) is 0 Å². The van der Waals surface area contributed by atoms with Crippen LogP contribution >= 0.6 is 11.6 Å². The summed E-state index contributed by atoms with van der Waals surface area (Å²) in [5, 5.41) is 0. The maximum Gasteiger partial charge on any atom is 0.0798 e. The maximum absolute atomic E-state index is 5.94. The number of alkyl halides is 1. The molecule has 0 radical (unpaired) electrons. The number of halogens is 2. The Balaban J connectivity index is 0.00000484. The smallest absolute Gasteiger partial charge is 0.0798 e. The van der Waals surface area contributed by atoms with E-state index in [0.717, 1.165) is 5.88 Å². The molecule has 0 atom stereocenters. The molecule has 1 aliphatic rings. The van der Waals surface area contributed by atoms with Gasteiger partial charge >= 0.3 is 0 Å². The van der Waals surface area contributed by atoms with Crippen molar-refractivity contribution in [2.24, 2.45) is 0 Å². The summed E-state index contributed by atoms with van der Waals surface area (Å²) in [6, 6.07) is 0. The van der Waals surface area contributed by atoms with Crippen LogP contribution < -0.4 is 17.0 Å². The van der Waals surface area contributed by atoms with Crippen LogP contribution in [0.5, 0.6) is 0 Å². The molecule has 1 aliphatic heterocycles. The molecule has 1 saturated heterocycles. The Morgan fingerprint density at radius 1 is 0.652 bits per heavy atom. The summed E-state index contributed by atoms with van der Waals surface area (Å²) in [5.74, 6) is 0.845. The van der Waals surface area contributed by atoms with Gasteiger partial charge in [0.25, 0.3) is 0 Å². The van der Waals surface area contributed by atoms with Crippen molar-refractivity contribution in [2.75, 3.05) is 32.1 Å². The lowest BCUT2D eigenvalue weighted by Gasteiger charge is -2.41. The van der Waals surface area contributed by atoms with Gasteiger partial charge in [-0.3, -0.25) is 0 Å². The van der Waals surface area contributed by atoms with E-state index in [2.05, 4.69) is 6.92 Å². The van der Waals surface area contributed by atoms with Crippen LogP contribution in [-0.4, -0.2) is 36.5 Å². The van der Waals surface area contributed by atoms with Gasteiger partial charge in [0.1, 0.15) is 0 Å². The molecule has 3 heteroatoms. The van der Waals surface area contributed by atoms with Crippen molar-refractivity contribution in [1.82, 2.24) is 0 Å². The molecule has 1 rings (SSSR count). The fraction of sp³-hybridized carbons (Fsp3) is 1.00. The normalized spacial score (nSPS) is 17.0. The molecule has 0 amide bonds. The minimum Gasteiger partial charge on any atom is -1.00 e. The van der Waals surface area contributed by atoms with E-state index in [1.54, 1.807) is 0 Å². The van der Waals surface area contributed by atoms with Crippen LogP contribution in [0.3, 0.4) is 0 Å². The van der Waals surface area contributed by atoms with Crippen molar-refractivity contribution < 1.29 is 21.5 Å². The van der Waals surface area contributed by atoms with E-state index in [0.29, 0.717) is 0 Å². The van der Waals surface area contributed by atoms with Crippen LogP contribution in [0.4, 0.5) is 0 Å². The zero-order valence-electron chi connectivity index (χ0n) is 15.6. The van der Waals surface area contributed by atoms with Gasteiger partial charge in [-0.1, -0.05) is 58.3 Å². The Labute approximate surface area is 161 Å².